The molecule has 0 heterocycles. The SMILES string of the molecule is CC(C)NC1(F)CC1. The molecule has 1 saturated carbocycles. The smallest absolute Gasteiger partial charge is 0.162 e. The lowest BCUT2D eigenvalue weighted by Gasteiger charge is -2.10. The molecular formula is C6H12FN. The molecule has 0 aromatic rings. The van der Waals surface area contributed by atoms with Crippen LogP contribution in [-0.4, -0.2) is 11.8 Å². The molecule has 0 aromatic carbocycles. The molecule has 0 aliphatic heterocycles. The third-order valence-electron chi connectivity index (χ3n) is 1.24. The summed E-state index contributed by atoms with van der Waals surface area (Å²) in [5.41, 5.74) is 0. The van der Waals surface area contributed by atoms with Gasteiger partial charge in [-0.2, -0.15) is 0 Å². The molecule has 0 radical (unpaired) electrons. The van der Waals surface area contributed by atoms with Crippen LogP contribution in [-0.2, 0) is 0 Å². The Kier molecular flexibility index (Phi) is 1.27. The highest BCUT2D eigenvalue weighted by Gasteiger charge is 2.43. The van der Waals surface area contributed by atoms with Crippen LogP contribution in [0, 0.1) is 0 Å². The highest BCUT2D eigenvalue weighted by atomic mass is 19.1. The fourth-order valence-electron chi connectivity index (χ4n) is 0.771. The normalized spacial score (nSPS) is 24.0. The van der Waals surface area contributed by atoms with E-state index in [0.717, 1.165) is 0 Å². The van der Waals surface area contributed by atoms with Gasteiger partial charge in [-0.3, -0.25) is 5.32 Å². The summed E-state index contributed by atoms with van der Waals surface area (Å²) in [6, 6.07) is 0.280. The maximum absolute atomic E-state index is 12.6. The molecular weight excluding hydrogens is 105 g/mol. The Morgan fingerprint density at radius 1 is 1.50 bits per heavy atom. The number of halogens is 1. The first-order valence-corrected chi connectivity index (χ1v) is 3.09. The van der Waals surface area contributed by atoms with Gasteiger partial charge in [0.25, 0.3) is 0 Å². The molecule has 1 aliphatic carbocycles. The van der Waals surface area contributed by atoms with Crippen molar-refractivity contribution in [3.8, 4) is 0 Å². The van der Waals surface area contributed by atoms with Crippen LogP contribution in [0.15, 0.2) is 0 Å². The maximum atomic E-state index is 12.6. The summed E-state index contributed by atoms with van der Waals surface area (Å²) in [4.78, 5) is 0. The summed E-state index contributed by atoms with van der Waals surface area (Å²) in [5.74, 6) is -0.978. The third kappa shape index (κ3) is 1.44. The first-order chi connectivity index (χ1) is 3.62. The number of nitrogens with one attached hydrogen (secondary N) is 1. The Bertz CT molecular complexity index is 86.5. The molecule has 0 spiro atoms. The molecule has 0 atom stereocenters. The standard InChI is InChI=1S/C6H12FN/c1-5(2)8-6(7)3-4-6/h5,8H,3-4H2,1-2H3. The zero-order valence-electron chi connectivity index (χ0n) is 5.37. The van der Waals surface area contributed by atoms with Crippen LogP contribution in [0.4, 0.5) is 4.39 Å². The largest absolute Gasteiger partial charge is 0.283 e. The monoisotopic (exact) mass is 117 g/mol. The van der Waals surface area contributed by atoms with E-state index in [4.69, 9.17) is 0 Å². The summed E-state index contributed by atoms with van der Waals surface area (Å²) in [7, 11) is 0. The number of rotatable bonds is 2. The average molecular weight is 117 g/mol. The Labute approximate surface area is 49.3 Å². The molecule has 0 unspecified atom stereocenters. The Balaban J connectivity index is 2.19. The number of hydrogen-bond acceptors (Lipinski definition) is 1. The van der Waals surface area contributed by atoms with Gasteiger partial charge in [0.1, 0.15) is 0 Å². The van der Waals surface area contributed by atoms with Gasteiger partial charge in [-0.15, -0.1) is 0 Å². The van der Waals surface area contributed by atoms with Crippen molar-refractivity contribution in [2.45, 2.75) is 38.5 Å². The quantitative estimate of drug-likeness (QED) is 0.540. The Hall–Kier alpha value is -0.110. The molecule has 2 heteroatoms. The predicted molar refractivity (Wildman–Crippen MR) is 31.3 cm³/mol. The van der Waals surface area contributed by atoms with Crippen LogP contribution < -0.4 is 5.32 Å². The summed E-state index contributed by atoms with van der Waals surface area (Å²) in [5, 5.41) is 2.83. The Morgan fingerprint density at radius 2 is 2.00 bits per heavy atom. The summed E-state index contributed by atoms with van der Waals surface area (Å²) in [6.45, 7) is 3.92. The topological polar surface area (TPSA) is 12.0 Å². The lowest BCUT2D eigenvalue weighted by Crippen LogP contribution is -2.32. The van der Waals surface area contributed by atoms with Gasteiger partial charge < -0.3 is 0 Å². The first-order valence-electron chi connectivity index (χ1n) is 3.09. The molecule has 8 heavy (non-hydrogen) atoms. The van der Waals surface area contributed by atoms with Gasteiger partial charge in [-0.05, 0) is 26.7 Å². The van der Waals surface area contributed by atoms with Crippen molar-refractivity contribution in [2.75, 3.05) is 0 Å². The predicted octanol–water partition coefficient (Wildman–Crippen LogP) is 1.44. The Morgan fingerprint density at radius 3 is 2.12 bits per heavy atom. The molecule has 1 N–H and O–H groups in total. The third-order valence-corrected chi connectivity index (χ3v) is 1.24. The number of hydrogen-bond donors (Lipinski definition) is 1. The van der Waals surface area contributed by atoms with Crippen molar-refractivity contribution < 1.29 is 4.39 Å². The van der Waals surface area contributed by atoms with Crippen molar-refractivity contribution in [2.24, 2.45) is 0 Å². The first kappa shape index (κ1) is 6.02. The van der Waals surface area contributed by atoms with Crippen LogP contribution in [0.5, 0.6) is 0 Å². The number of alkyl halides is 1. The molecule has 1 rings (SSSR count). The van der Waals surface area contributed by atoms with Crippen LogP contribution in [0.3, 0.4) is 0 Å². The van der Waals surface area contributed by atoms with E-state index < -0.39 is 5.79 Å². The van der Waals surface area contributed by atoms with Crippen LogP contribution >= 0.6 is 0 Å². The van der Waals surface area contributed by atoms with E-state index in [0.29, 0.717) is 12.8 Å². The van der Waals surface area contributed by atoms with E-state index in [1.165, 1.54) is 0 Å². The van der Waals surface area contributed by atoms with Crippen LogP contribution in [0.25, 0.3) is 0 Å². The lowest BCUT2D eigenvalue weighted by atomic mass is 10.4. The molecule has 0 amide bonds. The summed E-state index contributed by atoms with van der Waals surface area (Å²) in [6.07, 6.45) is 1.40. The van der Waals surface area contributed by atoms with E-state index in [-0.39, 0.29) is 6.04 Å². The molecule has 1 aliphatic rings. The zero-order chi connectivity index (χ0) is 6.20. The fourth-order valence-corrected chi connectivity index (χ4v) is 0.771. The maximum Gasteiger partial charge on any atom is 0.162 e. The minimum Gasteiger partial charge on any atom is -0.283 e. The second kappa shape index (κ2) is 1.69. The molecule has 1 fully saturated rings. The van der Waals surface area contributed by atoms with Gasteiger partial charge in [0.05, 0.1) is 0 Å². The van der Waals surface area contributed by atoms with Crippen molar-refractivity contribution in [1.29, 1.82) is 0 Å². The molecule has 0 saturated heterocycles. The van der Waals surface area contributed by atoms with E-state index in [9.17, 15) is 4.39 Å². The minimum absolute atomic E-state index is 0.280. The van der Waals surface area contributed by atoms with Crippen molar-refractivity contribution in [3.05, 3.63) is 0 Å². The minimum atomic E-state index is -0.978. The van der Waals surface area contributed by atoms with Gasteiger partial charge in [0.15, 0.2) is 5.79 Å². The second-order valence-corrected chi connectivity index (χ2v) is 2.76. The highest BCUT2D eigenvalue weighted by Crippen LogP contribution is 2.36. The van der Waals surface area contributed by atoms with Crippen molar-refractivity contribution in [3.63, 3.8) is 0 Å². The van der Waals surface area contributed by atoms with Crippen molar-refractivity contribution >= 4 is 0 Å². The fraction of sp³-hybridized carbons (Fsp3) is 1.00. The molecule has 1 nitrogen and oxygen atoms in total. The summed E-state index contributed by atoms with van der Waals surface area (Å²) >= 11 is 0. The highest BCUT2D eigenvalue weighted by molar-refractivity contribution is 4.92. The van der Waals surface area contributed by atoms with E-state index >= 15 is 0 Å². The van der Waals surface area contributed by atoms with E-state index in [1.807, 2.05) is 13.8 Å². The van der Waals surface area contributed by atoms with E-state index in [1.54, 1.807) is 0 Å². The van der Waals surface area contributed by atoms with Gasteiger partial charge >= 0.3 is 0 Å². The van der Waals surface area contributed by atoms with Gasteiger partial charge in [-0.1, -0.05) is 0 Å². The molecule has 0 bridgehead atoms. The molecule has 48 valence electrons. The zero-order valence-corrected chi connectivity index (χ0v) is 5.37. The van der Waals surface area contributed by atoms with Crippen LogP contribution in [0.2, 0.25) is 0 Å². The van der Waals surface area contributed by atoms with Gasteiger partial charge in [0.2, 0.25) is 0 Å². The molecule has 0 aromatic heterocycles. The lowest BCUT2D eigenvalue weighted by molar-refractivity contribution is 0.230. The van der Waals surface area contributed by atoms with Gasteiger partial charge in [-0.25, -0.2) is 4.39 Å². The van der Waals surface area contributed by atoms with E-state index in [2.05, 4.69) is 5.32 Å². The average Bonchev–Trinajstić information content (AvgIpc) is 2.17. The van der Waals surface area contributed by atoms with Gasteiger partial charge in [0, 0.05) is 6.04 Å². The summed E-state index contributed by atoms with van der Waals surface area (Å²) < 4.78 is 12.6. The van der Waals surface area contributed by atoms with Crippen LogP contribution in [0.1, 0.15) is 26.7 Å². The van der Waals surface area contributed by atoms with Crippen molar-refractivity contribution in [1.82, 2.24) is 5.32 Å². The second-order valence-electron chi connectivity index (χ2n) is 2.76.